The van der Waals surface area contributed by atoms with Crippen LogP contribution in [0.3, 0.4) is 0 Å². The van der Waals surface area contributed by atoms with E-state index >= 15 is 0 Å². The summed E-state index contributed by atoms with van der Waals surface area (Å²) in [5.41, 5.74) is 4.48. The van der Waals surface area contributed by atoms with Gasteiger partial charge in [0.15, 0.2) is 0 Å². The Hall–Kier alpha value is -2.58. The van der Waals surface area contributed by atoms with E-state index in [2.05, 4.69) is 39.9 Å². The molecular weight excluding hydrogens is 292 g/mol. The van der Waals surface area contributed by atoms with E-state index in [0.29, 0.717) is 0 Å². The van der Waals surface area contributed by atoms with Gasteiger partial charge in [0.05, 0.1) is 17.4 Å². The Balaban J connectivity index is 2.04. The van der Waals surface area contributed by atoms with Crippen LogP contribution in [0.15, 0.2) is 79.1 Å². The van der Waals surface area contributed by atoms with Crippen LogP contribution in [-0.2, 0) is 0 Å². The standard InChI is InChI=1S/C19H13ClN2/c20-16-6-8-17(9-7-16)22-18(14-4-2-1-3-5-14)12-15-10-11-21-13-19(15)22/h1-13H. The zero-order chi connectivity index (χ0) is 14.9. The van der Waals surface area contributed by atoms with Gasteiger partial charge in [0.1, 0.15) is 0 Å². The highest BCUT2D eigenvalue weighted by atomic mass is 35.5. The number of pyridine rings is 1. The van der Waals surface area contributed by atoms with E-state index in [4.69, 9.17) is 11.6 Å². The van der Waals surface area contributed by atoms with Gasteiger partial charge in [0.2, 0.25) is 0 Å². The second kappa shape index (κ2) is 5.32. The molecule has 2 aromatic carbocycles. The van der Waals surface area contributed by atoms with E-state index < -0.39 is 0 Å². The normalized spacial score (nSPS) is 11.0. The minimum atomic E-state index is 0.736. The van der Waals surface area contributed by atoms with Crippen molar-refractivity contribution in [2.75, 3.05) is 0 Å². The largest absolute Gasteiger partial charge is 0.308 e. The first-order valence-corrected chi connectivity index (χ1v) is 7.47. The van der Waals surface area contributed by atoms with E-state index in [1.165, 1.54) is 10.9 Å². The summed E-state index contributed by atoms with van der Waals surface area (Å²) in [6, 6.07) is 22.5. The van der Waals surface area contributed by atoms with Crippen molar-refractivity contribution in [3.8, 4) is 16.9 Å². The Morgan fingerprint density at radius 3 is 2.41 bits per heavy atom. The predicted molar refractivity (Wildman–Crippen MR) is 91.5 cm³/mol. The van der Waals surface area contributed by atoms with E-state index in [9.17, 15) is 0 Å². The minimum absolute atomic E-state index is 0.736. The van der Waals surface area contributed by atoms with Gasteiger partial charge in [-0.25, -0.2) is 0 Å². The molecule has 0 aliphatic heterocycles. The topological polar surface area (TPSA) is 17.8 Å². The molecule has 0 amide bonds. The van der Waals surface area contributed by atoms with Gasteiger partial charge in [-0.2, -0.15) is 0 Å². The van der Waals surface area contributed by atoms with Crippen molar-refractivity contribution in [2.24, 2.45) is 0 Å². The summed E-state index contributed by atoms with van der Waals surface area (Å²) < 4.78 is 2.22. The van der Waals surface area contributed by atoms with Gasteiger partial charge in [-0.3, -0.25) is 4.98 Å². The SMILES string of the molecule is Clc1ccc(-n2c(-c3ccccc3)cc3ccncc32)cc1. The first kappa shape index (κ1) is 13.1. The molecule has 2 nitrogen and oxygen atoms in total. The number of hydrogen-bond donors (Lipinski definition) is 0. The van der Waals surface area contributed by atoms with Crippen LogP contribution in [0.25, 0.3) is 27.8 Å². The van der Waals surface area contributed by atoms with Crippen LogP contribution in [0, 0.1) is 0 Å². The van der Waals surface area contributed by atoms with Crippen LogP contribution in [0.4, 0.5) is 0 Å². The second-order valence-electron chi connectivity index (χ2n) is 5.14. The van der Waals surface area contributed by atoms with Gasteiger partial charge in [-0.1, -0.05) is 41.9 Å². The molecule has 2 heterocycles. The van der Waals surface area contributed by atoms with E-state index in [-0.39, 0.29) is 0 Å². The Morgan fingerprint density at radius 1 is 0.864 bits per heavy atom. The van der Waals surface area contributed by atoms with Crippen molar-refractivity contribution < 1.29 is 0 Å². The lowest BCUT2D eigenvalue weighted by Crippen LogP contribution is -1.96. The molecule has 22 heavy (non-hydrogen) atoms. The number of nitrogens with zero attached hydrogens (tertiary/aromatic N) is 2. The third kappa shape index (κ3) is 2.18. The molecular formula is C19H13ClN2. The smallest absolute Gasteiger partial charge is 0.0718 e. The highest BCUT2D eigenvalue weighted by Crippen LogP contribution is 2.31. The molecule has 4 aromatic rings. The van der Waals surface area contributed by atoms with Gasteiger partial charge in [-0.05, 0) is 42.0 Å². The summed E-state index contributed by atoms with van der Waals surface area (Å²) in [5, 5.41) is 1.91. The molecule has 3 heteroatoms. The number of rotatable bonds is 2. The zero-order valence-corrected chi connectivity index (χ0v) is 12.5. The third-order valence-electron chi connectivity index (χ3n) is 3.76. The van der Waals surface area contributed by atoms with Crippen molar-refractivity contribution in [2.45, 2.75) is 0 Å². The lowest BCUT2D eigenvalue weighted by Gasteiger charge is -2.11. The Bertz CT molecular complexity index is 925. The lowest BCUT2D eigenvalue weighted by atomic mass is 10.1. The summed E-state index contributed by atoms with van der Waals surface area (Å²) in [7, 11) is 0. The van der Waals surface area contributed by atoms with Crippen LogP contribution < -0.4 is 0 Å². The Labute approximate surface area is 133 Å². The number of fused-ring (bicyclic) bond motifs is 1. The highest BCUT2D eigenvalue weighted by molar-refractivity contribution is 6.30. The second-order valence-corrected chi connectivity index (χ2v) is 5.58. The molecule has 0 aliphatic carbocycles. The van der Waals surface area contributed by atoms with Crippen LogP contribution in [0.5, 0.6) is 0 Å². The van der Waals surface area contributed by atoms with Crippen LogP contribution in [0.1, 0.15) is 0 Å². The monoisotopic (exact) mass is 304 g/mol. The number of benzene rings is 2. The average molecular weight is 305 g/mol. The van der Waals surface area contributed by atoms with Gasteiger partial charge in [0.25, 0.3) is 0 Å². The van der Waals surface area contributed by atoms with Crippen molar-refractivity contribution in [1.29, 1.82) is 0 Å². The van der Waals surface area contributed by atoms with Gasteiger partial charge in [0, 0.05) is 22.3 Å². The molecule has 0 atom stereocenters. The summed E-state index contributed by atoms with van der Waals surface area (Å²) >= 11 is 6.03. The van der Waals surface area contributed by atoms with Crippen LogP contribution >= 0.6 is 11.6 Å². The molecule has 0 saturated heterocycles. The molecule has 0 bridgehead atoms. The summed E-state index contributed by atoms with van der Waals surface area (Å²) in [6.45, 7) is 0. The van der Waals surface area contributed by atoms with Crippen molar-refractivity contribution in [1.82, 2.24) is 9.55 Å². The fourth-order valence-corrected chi connectivity index (χ4v) is 2.86. The predicted octanol–water partition coefficient (Wildman–Crippen LogP) is 5.35. The highest BCUT2D eigenvalue weighted by Gasteiger charge is 2.12. The summed E-state index contributed by atoms with van der Waals surface area (Å²) in [5.74, 6) is 0. The Morgan fingerprint density at radius 2 is 1.64 bits per heavy atom. The molecule has 4 rings (SSSR count). The maximum absolute atomic E-state index is 6.03. The number of hydrogen-bond acceptors (Lipinski definition) is 1. The van der Waals surface area contributed by atoms with E-state index in [1.807, 2.05) is 48.8 Å². The maximum Gasteiger partial charge on any atom is 0.0718 e. The summed E-state index contributed by atoms with van der Waals surface area (Å²) in [4.78, 5) is 4.28. The average Bonchev–Trinajstić information content (AvgIpc) is 2.96. The molecule has 106 valence electrons. The first-order chi connectivity index (χ1) is 10.8. The maximum atomic E-state index is 6.03. The fraction of sp³-hybridized carbons (Fsp3) is 0. The van der Waals surface area contributed by atoms with Crippen molar-refractivity contribution >= 4 is 22.5 Å². The molecule has 0 N–H and O–H groups in total. The van der Waals surface area contributed by atoms with Gasteiger partial charge >= 0.3 is 0 Å². The lowest BCUT2D eigenvalue weighted by molar-refractivity contribution is 1.12. The molecule has 2 aromatic heterocycles. The van der Waals surface area contributed by atoms with E-state index in [0.717, 1.165) is 21.9 Å². The minimum Gasteiger partial charge on any atom is -0.308 e. The first-order valence-electron chi connectivity index (χ1n) is 7.10. The van der Waals surface area contributed by atoms with Crippen molar-refractivity contribution in [3.05, 3.63) is 84.1 Å². The Kier molecular flexibility index (Phi) is 3.17. The van der Waals surface area contributed by atoms with Gasteiger partial charge < -0.3 is 4.57 Å². The quantitative estimate of drug-likeness (QED) is 0.488. The van der Waals surface area contributed by atoms with Gasteiger partial charge in [-0.15, -0.1) is 0 Å². The zero-order valence-electron chi connectivity index (χ0n) is 11.8. The number of aromatic nitrogens is 2. The number of halogens is 1. The molecule has 0 radical (unpaired) electrons. The molecule has 0 fully saturated rings. The van der Waals surface area contributed by atoms with Crippen molar-refractivity contribution in [3.63, 3.8) is 0 Å². The molecule has 0 aliphatic rings. The molecule has 0 unspecified atom stereocenters. The van der Waals surface area contributed by atoms with E-state index in [1.54, 1.807) is 0 Å². The van der Waals surface area contributed by atoms with Crippen LogP contribution in [-0.4, -0.2) is 9.55 Å². The molecule has 0 saturated carbocycles. The third-order valence-corrected chi connectivity index (χ3v) is 4.01. The van der Waals surface area contributed by atoms with Crippen LogP contribution in [0.2, 0.25) is 5.02 Å². The molecule has 0 spiro atoms. The summed E-state index contributed by atoms with van der Waals surface area (Å²) in [6.07, 6.45) is 3.72. The fourth-order valence-electron chi connectivity index (χ4n) is 2.74.